The molecule has 0 spiro atoms. The summed E-state index contributed by atoms with van der Waals surface area (Å²) in [6.45, 7) is 20.5. The van der Waals surface area contributed by atoms with E-state index in [0.717, 1.165) is 24.8 Å². The van der Waals surface area contributed by atoms with E-state index >= 15 is 4.79 Å². The summed E-state index contributed by atoms with van der Waals surface area (Å²) in [5, 5.41) is 167. The van der Waals surface area contributed by atoms with Crippen molar-refractivity contribution in [1.82, 2.24) is 5.32 Å². The van der Waals surface area contributed by atoms with E-state index in [0.29, 0.717) is 37.1 Å². The van der Waals surface area contributed by atoms with Crippen molar-refractivity contribution in [3.63, 3.8) is 0 Å². The number of allylic oxidation sites excluding steroid dienone is 4. The number of rotatable bonds is 15. The molecule has 5 aliphatic carbocycles. The van der Waals surface area contributed by atoms with Gasteiger partial charge in [0.2, 0.25) is 6.29 Å². The summed E-state index contributed by atoms with van der Waals surface area (Å²) in [6.07, 6.45) is -29.2. The van der Waals surface area contributed by atoms with Gasteiger partial charge < -0.3 is 134 Å². The number of nitrogens with one attached hydrogen (secondary N) is 1. The van der Waals surface area contributed by atoms with Gasteiger partial charge in [0.15, 0.2) is 31.3 Å². The first-order valence-corrected chi connectivity index (χ1v) is 37.4. The molecule has 0 aromatic heterocycles. The van der Waals surface area contributed by atoms with Crippen molar-refractivity contribution in [2.75, 3.05) is 34.0 Å². The molecule has 6 aliphatic heterocycles. The van der Waals surface area contributed by atoms with Gasteiger partial charge in [-0.3, -0.25) is 14.9 Å². The molecule has 108 heavy (non-hydrogen) atoms. The van der Waals surface area contributed by atoms with Crippen molar-refractivity contribution in [2.45, 2.75) is 293 Å². The number of fused-ring (bicyclic) bond motifs is 7. The van der Waals surface area contributed by atoms with Crippen LogP contribution in [-0.2, 0) is 71.2 Å². The van der Waals surface area contributed by atoms with Gasteiger partial charge in [0, 0.05) is 23.0 Å². The number of ether oxygens (including phenoxy) is 12. The molecular weight excluding hydrogens is 1420 g/mol. The van der Waals surface area contributed by atoms with Crippen LogP contribution in [0.2, 0.25) is 0 Å². The molecule has 608 valence electrons. The monoisotopic (exact) mass is 1540 g/mol. The number of benzene rings is 1. The highest BCUT2D eigenvalue weighted by molar-refractivity contribution is 6.00. The van der Waals surface area contributed by atoms with Crippen LogP contribution in [0.25, 0.3) is 0 Å². The highest BCUT2D eigenvalue weighted by atomic mass is 16.8. The Morgan fingerprint density at radius 3 is 1.70 bits per heavy atom. The number of dihydropyridines is 1. The fourth-order valence-corrected chi connectivity index (χ4v) is 20.4. The smallest absolute Gasteiger partial charge is 0.336 e. The lowest BCUT2D eigenvalue weighted by molar-refractivity contribution is -0.385. The van der Waals surface area contributed by atoms with Gasteiger partial charge in [0.25, 0.3) is 5.69 Å². The largest absolute Gasteiger partial charge is 0.466 e. The molecule has 33 nitrogen and oxygen atoms in total. The van der Waals surface area contributed by atoms with Gasteiger partial charge >= 0.3 is 17.9 Å². The Balaban J connectivity index is 0.000000393. The Morgan fingerprint density at radius 1 is 0.593 bits per heavy atom. The number of esters is 3. The first-order chi connectivity index (χ1) is 50.6. The molecule has 12 rings (SSSR count). The van der Waals surface area contributed by atoms with E-state index in [9.17, 15) is 91.2 Å². The Kier molecular flexibility index (Phi) is 24.8. The van der Waals surface area contributed by atoms with Crippen LogP contribution in [0.15, 0.2) is 58.5 Å². The second-order valence-corrected chi connectivity index (χ2v) is 33.7. The van der Waals surface area contributed by atoms with Crippen molar-refractivity contribution in [2.24, 2.45) is 50.2 Å². The van der Waals surface area contributed by atoms with Crippen molar-refractivity contribution >= 4 is 23.6 Å². The molecule has 1 aromatic rings. The van der Waals surface area contributed by atoms with Crippen molar-refractivity contribution in [3.05, 3.63) is 74.1 Å². The van der Waals surface area contributed by atoms with Gasteiger partial charge in [-0.2, -0.15) is 0 Å². The van der Waals surface area contributed by atoms with Crippen LogP contribution in [0.5, 0.6) is 0 Å². The van der Waals surface area contributed by atoms with E-state index < -0.39 is 218 Å². The summed E-state index contributed by atoms with van der Waals surface area (Å²) in [4.78, 5) is 51.0. The third kappa shape index (κ3) is 14.6. The number of carbonyl (C=O) groups is 3. The minimum atomic E-state index is -1.93. The number of aliphatic hydroxyl groups excluding tert-OH is 14. The number of nitro benzene ring substituents is 1. The quantitative estimate of drug-likeness (QED) is 0.0280. The molecule has 9 fully saturated rings. The van der Waals surface area contributed by atoms with E-state index in [1.807, 2.05) is 0 Å². The fourth-order valence-electron chi connectivity index (χ4n) is 20.4. The Bertz CT molecular complexity index is 3500. The Labute approximate surface area is 626 Å². The van der Waals surface area contributed by atoms with Gasteiger partial charge in [0.1, 0.15) is 97.0 Å². The van der Waals surface area contributed by atoms with Gasteiger partial charge in [-0.05, 0) is 130 Å². The molecule has 11 aliphatic rings. The molecule has 0 amide bonds. The molecular formula is C75H112N2O31. The summed E-state index contributed by atoms with van der Waals surface area (Å²) in [7, 11) is 2.42. The molecule has 1 aromatic carbocycles. The van der Waals surface area contributed by atoms with E-state index in [1.54, 1.807) is 26.8 Å². The van der Waals surface area contributed by atoms with Gasteiger partial charge in [-0.1, -0.05) is 78.3 Å². The van der Waals surface area contributed by atoms with Crippen LogP contribution in [0, 0.1) is 60.4 Å². The van der Waals surface area contributed by atoms with E-state index in [1.165, 1.54) is 39.3 Å². The average molecular weight is 1540 g/mol. The number of aliphatic hydroxyl groups is 14. The Morgan fingerprint density at radius 2 is 1.12 bits per heavy atom. The van der Waals surface area contributed by atoms with Gasteiger partial charge in [-0.15, -0.1) is 0 Å². The molecule has 5 saturated heterocycles. The van der Waals surface area contributed by atoms with Crippen LogP contribution in [0.1, 0.15) is 145 Å². The van der Waals surface area contributed by atoms with Crippen molar-refractivity contribution < 1.29 is 148 Å². The zero-order valence-electron chi connectivity index (χ0n) is 63.3. The van der Waals surface area contributed by atoms with Crippen molar-refractivity contribution in [3.8, 4) is 0 Å². The molecule has 33 heteroatoms. The number of carbonyl (C=O) groups excluding carboxylic acids is 3. The minimum absolute atomic E-state index is 0.128. The number of nitro groups is 1. The van der Waals surface area contributed by atoms with Crippen molar-refractivity contribution in [1.29, 1.82) is 0 Å². The van der Waals surface area contributed by atoms with E-state index in [2.05, 4.69) is 59.9 Å². The number of methoxy groups -OCH3 is 2. The van der Waals surface area contributed by atoms with E-state index in [-0.39, 0.29) is 69.9 Å². The second kappa shape index (κ2) is 31.8. The normalized spacial score (nSPS) is 45.8. The zero-order chi connectivity index (χ0) is 79.3. The summed E-state index contributed by atoms with van der Waals surface area (Å²) in [5.41, 5.74) is -1.08. The SMILES string of the molecule is CC1OC(OC2CCC3(C)C(CCC4(C)C3CC=C3C5CC(C)(C)CCC5(C(=O)OC5OCC(O)C(O)C5OC5OC(C)C(OC6OC(CO)C(O)C(O)C6O)C(O)C5O)C(O)CC34C)C2(C)C)C(O)C(O)C1OC1OCC(O)C(O)C1O.COC(=O)C1=C(C)NC(C)=C(C(=O)OC)C1c1ccccc1[N+](=O)[O-]. The highest BCUT2D eigenvalue weighted by Crippen LogP contribution is 2.76. The first-order valence-electron chi connectivity index (χ1n) is 37.4. The molecule has 0 radical (unpaired) electrons. The fraction of sp³-hybridized carbons (Fsp3) is 0.800. The number of para-hydroxylation sites is 1. The summed E-state index contributed by atoms with van der Waals surface area (Å²) >= 11 is 0. The lowest BCUT2D eigenvalue weighted by Gasteiger charge is -2.71. The topological polar surface area (TPSA) is 500 Å². The predicted octanol–water partition coefficient (Wildman–Crippen LogP) is 0.269. The number of hydrogen-bond acceptors (Lipinski definition) is 32. The maximum atomic E-state index is 15.4. The predicted molar refractivity (Wildman–Crippen MR) is 370 cm³/mol. The molecule has 32 unspecified atom stereocenters. The molecule has 6 heterocycles. The lowest BCUT2D eigenvalue weighted by Crippen LogP contribution is -2.68. The Hall–Kier alpha value is -4.87. The van der Waals surface area contributed by atoms with Crippen LogP contribution >= 0.6 is 0 Å². The molecule has 15 N–H and O–H groups in total. The number of hydrogen-bond donors (Lipinski definition) is 15. The van der Waals surface area contributed by atoms with Gasteiger partial charge in [-0.25, -0.2) is 9.59 Å². The highest BCUT2D eigenvalue weighted by Gasteiger charge is 2.72. The maximum absolute atomic E-state index is 15.4. The first kappa shape index (κ1) is 84.0. The lowest BCUT2D eigenvalue weighted by atomic mass is 9.33. The van der Waals surface area contributed by atoms with Crippen LogP contribution in [0.4, 0.5) is 5.69 Å². The summed E-state index contributed by atoms with van der Waals surface area (Å²) in [5.74, 6) is -3.33. The zero-order valence-corrected chi connectivity index (χ0v) is 63.3. The minimum Gasteiger partial charge on any atom is -0.466 e. The third-order valence-electron chi connectivity index (χ3n) is 26.7. The molecule has 32 atom stereocenters. The number of nitrogens with zero attached hydrogens (tertiary/aromatic N) is 1. The van der Waals surface area contributed by atoms with Gasteiger partial charge in [0.05, 0.1) is 80.4 Å². The van der Waals surface area contributed by atoms with E-state index in [4.69, 9.17) is 56.8 Å². The molecule has 0 bridgehead atoms. The maximum Gasteiger partial charge on any atom is 0.336 e. The second-order valence-electron chi connectivity index (χ2n) is 33.7. The summed E-state index contributed by atoms with van der Waals surface area (Å²) in [6, 6.07) is 5.97. The van der Waals surface area contributed by atoms with Crippen LogP contribution in [0.3, 0.4) is 0 Å². The molecule has 4 saturated carbocycles. The average Bonchev–Trinajstić information content (AvgIpc) is 0.670. The third-order valence-corrected chi connectivity index (χ3v) is 26.7. The van der Waals surface area contributed by atoms with Crippen LogP contribution in [-0.4, -0.2) is 282 Å². The summed E-state index contributed by atoms with van der Waals surface area (Å²) < 4.78 is 69.3. The van der Waals surface area contributed by atoms with Crippen LogP contribution < -0.4 is 5.32 Å². The standard InChI is InChI=1S/C58H94O25.C17H18N2O6/c1-23-44(80-47-40(69)34(63)27(60)21-74-47)38(67)42(71)48(76-23)79-33-13-14-55(7)30(54(33,5)6)12-15-56(8)31(55)11-10-25-26-18-53(3,4)16-17-58(26,32(62)19-57(25,56)9)52(73)83-51-46(35(64)28(61)22-75-51)82-49-43(72)39(68)45(24(2)77-49)81-50-41(70)37(66)36(65)29(20-59)78-50;1-9-13(16(20)24-3)15(14(10(2)18-9)17(21)25-4)11-7-5-6-8-12(11)19(22)23/h10,23-24,26-51,59-72H,11-22H2,1-9H3;5-8,15,18H,1-4H3.